The number of esters is 1. The van der Waals surface area contributed by atoms with Gasteiger partial charge in [0.15, 0.2) is 6.29 Å². The molecular weight excluding hydrogens is 222 g/mol. The summed E-state index contributed by atoms with van der Waals surface area (Å²) in [7, 11) is 4.70. The monoisotopic (exact) mass is 245 g/mol. The van der Waals surface area contributed by atoms with E-state index in [2.05, 4.69) is 4.90 Å². The van der Waals surface area contributed by atoms with Gasteiger partial charge in [0, 0.05) is 26.8 Å². The summed E-state index contributed by atoms with van der Waals surface area (Å²) in [5, 5.41) is 0. The van der Waals surface area contributed by atoms with Gasteiger partial charge in [-0.25, -0.2) is 0 Å². The van der Waals surface area contributed by atoms with Crippen LogP contribution < -0.4 is 0 Å². The molecule has 1 saturated heterocycles. The largest absolute Gasteiger partial charge is 0.469 e. The van der Waals surface area contributed by atoms with Crippen LogP contribution in [0.1, 0.15) is 25.7 Å². The third kappa shape index (κ3) is 4.61. The first-order chi connectivity index (χ1) is 8.21. The number of carbonyl (C=O) groups is 1. The molecule has 0 bridgehead atoms. The summed E-state index contributed by atoms with van der Waals surface area (Å²) in [5.74, 6) is -0.145. The van der Waals surface area contributed by atoms with Gasteiger partial charge in [-0.3, -0.25) is 9.69 Å². The molecule has 0 spiro atoms. The summed E-state index contributed by atoms with van der Waals surface area (Å²) in [5.41, 5.74) is 0. The Bertz CT molecular complexity index is 231. The van der Waals surface area contributed by atoms with Crippen molar-refractivity contribution >= 4 is 5.97 Å². The van der Waals surface area contributed by atoms with E-state index in [-0.39, 0.29) is 18.3 Å². The van der Waals surface area contributed by atoms with Crippen molar-refractivity contribution in [3.8, 4) is 0 Å². The summed E-state index contributed by atoms with van der Waals surface area (Å²) in [4.78, 5) is 13.6. The third-order valence-corrected chi connectivity index (χ3v) is 3.29. The highest BCUT2D eigenvalue weighted by Gasteiger charge is 2.27. The highest BCUT2D eigenvalue weighted by molar-refractivity contribution is 5.69. The molecule has 0 amide bonds. The van der Waals surface area contributed by atoms with E-state index >= 15 is 0 Å². The smallest absolute Gasteiger partial charge is 0.307 e. The van der Waals surface area contributed by atoms with E-state index in [9.17, 15) is 4.79 Å². The van der Waals surface area contributed by atoms with Crippen LogP contribution >= 0.6 is 0 Å². The lowest BCUT2D eigenvalue weighted by Gasteiger charge is -2.36. The molecule has 5 nitrogen and oxygen atoms in total. The molecule has 0 aliphatic carbocycles. The van der Waals surface area contributed by atoms with E-state index in [0.29, 0.717) is 13.0 Å². The Balaban J connectivity index is 2.49. The van der Waals surface area contributed by atoms with Crippen LogP contribution in [-0.2, 0) is 19.0 Å². The number of hydrogen-bond acceptors (Lipinski definition) is 5. The lowest BCUT2D eigenvalue weighted by Crippen LogP contribution is -2.45. The first-order valence-corrected chi connectivity index (χ1v) is 6.07. The number of rotatable bonds is 6. The molecule has 17 heavy (non-hydrogen) atoms. The Hall–Kier alpha value is -0.650. The Labute approximate surface area is 103 Å². The quantitative estimate of drug-likeness (QED) is 0.516. The van der Waals surface area contributed by atoms with Crippen LogP contribution in [0.4, 0.5) is 0 Å². The van der Waals surface area contributed by atoms with Gasteiger partial charge in [0.2, 0.25) is 0 Å². The summed E-state index contributed by atoms with van der Waals surface area (Å²) in [6.45, 7) is 1.69. The fourth-order valence-electron chi connectivity index (χ4n) is 2.24. The van der Waals surface area contributed by atoms with Crippen molar-refractivity contribution in [3.63, 3.8) is 0 Å². The molecule has 5 heteroatoms. The van der Waals surface area contributed by atoms with Crippen molar-refractivity contribution in [2.24, 2.45) is 0 Å². The summed E-state index contributed by atoms with van der Waals surface area (Å²) < 4.78 is 15.1. The van der Waals surface area contributed by atoms with Crippen LogP contribution in [0.3, 0.4) is 0 Å². The Morgan fingerprint density at radius 3 is 2.59 bits per heavy atom. The summed E-state index contributed by atoms with van der Waals surface area (Å²) in [6.07, 6.45) is 3.60. The minimum atomic E-state index is -0.228. The van der Waals surface area contributed by atoms with E-state index in [4.69, 9.17) is 14.2 Å². The second-order valence-corrected chi connectivity index (χ2v) is 4.33. The Morgan fingerprint density at radius 1 is 1.29 bits per heavy atom. The van der Waals surface area contributed by atoms with E-state index in [1.165, 1.54) is 13.5 Å². The van der Waals surface area contributed by atoms with Gasteiger partial charge in [0.25, 0.3) is 0 Å². The van der Waals surface area contributed by atoms with Gasteiger partial charge in [-0.1, -0.05) is 6.42 Å². The third-order valence-electron chi connectivity index (χ3n) is 3.29. The maximum atomic E-state index is 11.3. The Morgan fingerprint density at radius 2 is 2.00 bits per heavy atom. The van der Waals surface area contributed by atoms with Crippen LogP contribution in [0.25, 0.3) is 0 Å². The van der Waals surface area contributed by atoms with Crippen molar-refractivity contribution in [1.29, 1.82) is 0 Å². The average Bonchev–Trinajstić information content (AvgIpc) is 2.37. The predicted molar refractivity (Wildman–Crippen MR) is 63.7 cm³/mol. The standard InChI is InChI=1S/C12H23NO4/c1-15-11(14)8-10-6-4-5-7-13(10)9-12(16-2)17-3/h10,12H,4-9H2,1-3H3. The van der Waals surface area contributed by atoms with E-state index in [1.807, 2.05) is 0 Å². The maximum Gasteiger partial charge on any atom is 0.307 e. The molecule has 1 atom stereocenters. The fourth-order valence-corrected chi connectivity index (χ4v) is 2.24. The van der Waals surface area contributed by atoms with Gasteiger partial charge in [-0.2, -0.15) is 0 Å². The molecule has 0 aromatic rings. The van der Waals surface area contributed by atoms with Crippen molar-refractivity contribution < 1.29 is 19.0 Å². The van der Waals surface area contributed by atoms with E-state index in [1.54, 1.807) is 14.2 Å². The zero-order chi connectivity index (χ0) is 12.7. The number of hydrogen-bond donors (Lipinski definition) is 0. The van der Waals surface area contributed by atoms with Crippen LogP contribution in [0.5, 0.6) is 0 Å². The number of nitrogens with zero attached hydrogens (tertiary/aromatic N) is 1. The predicted octanol–water partition coefficient (Wildman–Crippen LogP) is 1.02. The van der Waals surface area contributed by atoms with Gasteiger partial charge in [-0.05, 0) is 19.4 Å². The molecule has 0 radical (unpaired) electrons. The maximum absolute atomic E-state index is 11.3. The molecule has 100 valence electrons. The lowest BCUT2D eigenvalue weighted by atomic mass is 9.99. The lowest BCUT2D eigenvalue weighted by molar-refractivity contribution is -0.145. The van der Waals surface area contributed by atoms with Crippen LogP contribution in [0.15, 0.2) is 0 Å². The molecule has 1 heterocycles. The number of ether oxygens (including phenoxy) is 3. The van der Waals surface area contributed by atoms with Gasteiger partial charge < -0.3 is 14.2 Å². The topological polar surface area (TPSA) is 48.0 Å². The van der Waals surface area contributed by atoms with Crippen LogP contribution in [0, 0.1) is 0 Å². The number of piperidine rings is 1. The van der Waals surface area contributed by atoms with Crippen molar-refractivity contribution in [1.82, 2.24) is 4.90 Å². The molecule has 0 N–H and O–H groups in total. The fraction of sp³-hybridized carbons (Fsp3) is 0.917. The zero-order valence-corrected chi connectivity index (χ0v) is 11.0. The van der Waals surface area contributed by atoms with Gasteiger partial charge in [0.1, 0.15) is 0 Å². The molecular formula is C12H23NO4. The van der Waals surface area contributed by atoms with Gasteiger partial charge >= 0.3 is 5.97 Å². The molecule has 1 aliphatic rings. The van der Waals surface area contributed by atoms with E-state index in [0.717, 1.165) is 19.4 Å². The highest BCUT2D eigenvalue weighted by Crippen LogP contribution is 2.20. The summed E-state index contributed by atoms with van der Waals surface area (Å²) >= 11 is 0. The van der Waals surface area contributed by atoms with E-state index < -0.39 is 0 Å². The normalized spacial score (nSPS) is 21.8. The summed E-state index contributed by atoms with van der Waals surface area (Å²) in [6, 6.07) is 0.254. The SMILES string of the molecule is COC(=O)CC1CCCCN1CC(OC)OC. The average molecular weight is 245 g/mol. The Kier molecular flexibility index (Phi) is 6.47. The molecule has 0 aromatic heterocycles. The molecule has 0 saturated carbocycles. The molecule has 1 unspecified atom stereocenters. The van der Waals surface area contributed by atoms with Crippen molar-refractivity contribution in [2.75, 3.05) is 34.4 Å². The molecule has 1 fully saturated rings. The number of likely N-dealkylation sites (tertiary alicyclic amines) is 1. The van der Waals surface area contributed by atoms with Crippen molar-refractivity contribution in [2.45, 2.75) is 38.0 Å². The van der Waals surface area contributed by atoms with Crippen LogP contribution in [-0.4, -0.2) is 57.6 Å². The second-order valence-electron chi connectivity index (χ2n) is 4.33. The van der Waals surface area contributed by atoms with Crippen molar-refractivity contribution in [3.05, 3.63) is 0 Å². The highest BCUT2D eigenvalue weighted by atomic mass is 16.7. The molecule has 0 aromatic carbocycles. The van der Waals surface area contributed by atoms with Crippen LogP contribution in [0.2, 0.25) is 0 Å². The number of methoxy groups -OCH3 is 3. The number of carbonyl (C=O) groups excluding carboxylic acids is 1. The molecule has 1 rings (SSSR count). The van der Waals surface area contributed by atoms with Gasteiger partial charge in [-0.15, -0.1) is 0 Å². The first-order valence-electron chi connectivity index (χ1n) is 6.07. The first kappa shape index (κ1) is 14.4. The second kappa shape index (κ2) is 7.63. The zero-order valence-electron chi connectivity index (χ0n) is 11.0. The molecule has 1 aliphatic heterocycles. The van der Waals surface area contributed by atoms with Gasteiger partial charge in [0.05, 0.1) is 13.5 Å². The minimum absolute atomic E-state index is 0.145. The minimum Gasteiger partial charge on any atom is -0.469 e.